The first kappa shape index (κ1) is 13.7. The minimum Gasteiger partial charge on any atom is -0.216 e. The summed E-state index contributed by atoms with van der Waals surface area (Å²) in [5.74, 6) is 0. The van der Waals surface area contributed by atoms with Gasteiger partial charge in [-0.2, -0.15) is 0 Å². The van der Waals surface area contributed by atoms with Crippen LogP contribution in [0.15, 0.2) is 36.2 Å². The minimum atomic E-state index is 0.561. The maximum absolute atomic E-state index is 11.7. The molecular formula is C11H19F. The molecule has 0 aromatic rings. The highest BCUT2D eigenvalue weighted by atomic mass is 19.1. The highest BCUT2D eigenvalue weighted by Gasteiger charge is 1.90. The van der Waals surface area contributed by atoms with E-state index in [4.69, 9.17) is 0 Å². The van der Waals surface area contributed by atoms with E-state index in [1.54, 1.807) is 6.08 Å². The predicted octanol–water partition coefficient (Wildman–Crippen LogP) is 4.41. The van der Waals surface area contributed by atoms with Gasteiger partial charge in [0, 0.05) is 0 Å². The fourth-order valence-corrected chi connectivity index (χ4v) is 0.735. The molecule has 0 saturated heterocycles. The van der Waals surface area contributed by atoms with Gasteiger partial charge in [0.05, 0.1) is 6.33 Å². The Kier molecular flexibility index (Phi) is 11.6. The molecule has 0 saturated carbocycles. The van der Waals surface area contributed by atoms with Crippen LogP contribution in [0.3, 0.4) is 0 Å². The fourth-order valence-electron chi connectivity index (χ4n) is 0.735. The van der Waals surface area contributed by atoms with Crippen molar-refractivity contribution < 1.29 is 4.39 Å². The Morgan fingerprint density at radius 3 is 2.17 bits per heavy atom. The van der Waals surface area contributed by atoms with E-state index < -0.39 is 0 Å². The van der Waals surface area contributed by atoms with Gasteiger partial charge in [0.15, 0.2) is 0 Å². The molecule has 0 heterocycles. The maximum atomic E-state index is 11.7. The summed E-state index contributed by atoms with van der Waals surface area (Å²) in [6.45, 7) is 11.5. The lowest BCUT2D eigenvalue weighted by atomic mass is 10.1. The monoisotopic (exact) mass is 170 g/mol. The first-order valence-corrected chi connectivity index (χ1v) is 4.35. The molecule has 0 N–H and O–H groups in total. The summed E-state index contributed by atoms with van der Waals surface area (Å²) >= 11 is 0. The van der Waals surface area contributed by atoms with Crippen molar-refractivity contribution in [3.05, 3.63) is 36.2 Å². The Bertz CT molecular complexity index is 164. The van der Waals surface area contributed by atoms with Crippen LogP contribution in [0.2, 0.25) is 0 Å². The largest absolute Gasteiger partial charge is 0.216 e. The van der Waals surface area contributed by atoms with E-state index >= 15 is 0 Å². The Morgan fingerprint density at radius 2 is 1.92 bits per heavy atom. The van der Waals surface area contributed by atoms with Crippen LogP contribution < -0.4 is 0 Å². The van der Waals surface area contributed by atoms with Gasteiger partial charge in [0.2, 0.25) is 0 Å². The second kappa shape index (κ2) is 10.2. The molecule has 0 aliphatic heterocycles. The third kappa shape index (κ3) is 5.90. The molecule has 0 aliphatic carbocycles. The maximum Gasteiger partial charge on any atom is 0.0869 e. The Labute approximate surface area is 75.5 Å². The van der Waals surface area contributed by atoms with E-state index in [2.05, 4.69) is 6.58 Å². The standard InChI is InChI=1S/C9H13F.C2H6/c1-4-8(3)9(5-2)6-7-10;1-2/h4,6-7H,1,5H2,2-3H3;1-2H3/b7-6?,9-8-;. The van der Waals surface area contributed by atoms with Crippen molar-refractivity contribution >= 4 is 0 Å². The smallest absolute Gasteiger partial charge is 0.0869 e. The van der Waals surface area contributed by atoms with Gasteiger partial charge in [-0.15, -0.1) is 0 Å². The van der Waals surface area contributed by atoms with Crippen LogP contribution in [0.5, 0.6) is 0 Å². The van der Waals surface area contributed by atoms with E-state index in [1.807, 2.05) is 27.7 Å². The summed E-state index contributed by atoms with van der Waals surface area (Å²) in [6, 6.07) is 0. The topological polar surface area (TPSA) is 0 Å². The summed E-state index contributed by atoms with van der Waals surface area (Å²) in [6.07, 6.45) is 4.61. The Hall–Kier alpha value is -0.850. The molecule has 0 aliphatic rings. The highest BCUT2D eigenvalue weighted by Crippen LogP contribution is 2.10. The molecule has 70 valence electrons. The molecule has 0 aromatic carbocycles. The summed E-state index contributed by atoms with van der Waals surface area (Å²) < 4.78 is 11.7. The fraction of sp³-hybridized carbons (Fsp3) is 0.455. The molecule has 0 bridgehead atoms. The van der Waals surface area contributed by atoms with Gasteiger partial charge in [-0.05, 0) is 30.6 Å². The molecular weight excluding hydrogens is 151 g/mol. The molecule has 0 fully saturated rings. The van der Waals surface area contributed by atoms with E-state index in [9.17, 15) is 4.39 Å². The van der Waals surface area contributed by atoms with Crippen LogP contribution >= 0.6 is 0 Å². The van der Waals surface area contributed by atoms with Crippen molar-refractivity contribution in [2.24, 2.45) is 0 Å². The average molecular weight is 170 g/mol. The average Bonchev–Trinajstić information content (AvgIpc) is 2.16. The second-order valence-corrected chi connectivity index (χ2v) is 2.06. The SMILES string of the molecule is C=C/C(C)=C(\C=CF)CC.CC. The summed E-state index contributed by atoms with van der Waals surface area (Å²) in [5, 5.41) is 0. The van der Waals surface area contributed by atoms with E-state index in [-0.39, 0.29) is 0 Å². The second-order valence-electron chi connectivity index (χ2n) is 2.06. The molecule has 0 unspecified atom stereocenters. The van der Waals surface area contributed by atoms with Gasteiger partial charge in [-0.1, -0.05) is 33.4 Å². The van der Waals surface area contributed by atoms with Crippen LogP contribution in [-0.4, -0.2) is 0 Å². The number of hydrogen-bond acceptors (Lipinski definition) is 0. The van der Waals surface area contributed by atoms with Crippen molar-refractivity contribution in [2.75, 3.05) is 0 Å². The van der Waals surface area contributed by atoms with Crippen LogP contribution in [-0.2, 0) is 0 Å². The van der Waals surface area contributed by atoms with Gasteiger partial charge in [-0.3, -0.25) is 0 Å². The number of hydrogen-bond donors (Lipinski definition) is 0. The lowest BCUT2D eigenvalue weighted by molar-refractivity contribution is 0.719. The van der Waals surface area contributed by atoms with Crippen LogP contribution in [0, 0.1) is 0 Å². The number of halogens is 1. The Balaban J connectivity index is 0. The van der Waals surface area contributed by atoms with E-state index in [0.29, 0.717) is 6.33 Å². The van der Waals surface area contributed by atoms with E-state index in [1.165, 1.54) is 6.08 Å². The van der Waals surface area contributed by atoms with Gasteiger partial charge in [-0.25, -0.2) is 4.39 Å². The summed E-state index contributed by atoms with van der Waals surface area (Å²) in [7, 11) is 0. The van der Waals surface area contributed by atoms with Crippen molar-refractivity contribution in [3.8, 4) is 0 Å². The van der Waals surface area contributed by atoms with Crippen molar-refractivity contribution in [2.45, 2.75) is 34.1 Å². The first-order valence-electron chi connectivity index (χ1n) is 4.35. The van der Waals surface area contributed by atoms with Crippen LogP contribution in [0.1, 0.15) is 34.1 Å². The normalized spacial score (nSPS) is 11.8. The molecule has 0 rings (SSSR count). The number of rotatable bonds is 3. The molecule has 0 aromatic heterocycles. The molecule has 12 heavy (non-hydrogen) atoms. The molecule has 0 spiro atoms. The quantitative estimate of drug-likeness (QED) is 0.550. The molecule has 0 radical (unpaired) electrons. The molecule has 1 heteroatoms. The summed E-state index contributed by atoms with van der Waals surface area (Å²) in [4.78, 5) is 0. The van der Waals surface area contributed by atoms with E-state index in [0.717, 1.165) is 17.6 Å². The zero-order chi connectivity index (χ0) is 9.98. The van der Waals surface area contributed by atoms with Crippen molar-refractivity contribution in [1.29, 1.82) is 0 Å². The van der Waals surface area contributed by atoms with Crippen molar-refractivity contribution in [1.82, 2.24) is 0 Å². The van der Waals surface area contributed by atoms with Crippen molar-refractivity contribution in [3.63, 3.8) is 0 Å². The zero-order valence-electron chi connectivity index (χ0n) is 8.52. The minimum absolute atomic E-state index is 0.561. The first-order chi connectivity index (χ1) is 5.76. The van der Waals surface area contributed by atoms with Gasteiger partial charge in [0.25, 0.3) is 0 Å². The number of allylic oxidation sites excluding steroid dienone is 4. The molecule has 0 nitrogen and oxygen atoms in total. The summed E-state index contributed by atoms with van der Waals surface area (Å²) in [5.41, 5.74) is 2.04. The van der Waals surface area contributed by atoms with Crippen LogP contribution in [0.25, 0.3) is 0 Å². The lowest BCUT2D eigenvalue weighted by Crippen LogP contribution is -1.78. The highest BCUT2D eigenvalue weighted by molar-refractivity contribution is 5.29. The predicted molar refractivity (Wildman–Crippen MR) is 54.8 cm³/mol. The van der Waals surface area contributed by atoms with Crippen LogP contribution in [0.4, 0.5) is 4.39 Å². The zero-order valence-corrected chi connectivity index (χ0v) is 8.52. The molecule has 0 atom stereocenters. The lowest BCUT2D eigenvalue weighted by Gasteiger charge is -1.98. The molecule has 0 amide bonds. The van der Waals surface area contributed by atoms with Gasteiger partial charge >= 0.3 is 0 Å². The van der Waals surface area contributed by atoms with Gasteiger partial charge in [0.1, 0.15) is 0 Å². The third-order valence-corrected chi connectivity index (χ3v) is 1.46. The third-order valence-electron chi connectivity index (χ3n) is 1.46. The Morgan fingerprint density at radius 1 is 1.42 bits per heavy atom. The van der Waals surface area contributed by atoms with Gasteiger partial charge < -0.3 is 0 Å².